The van der Waals surface area contributed by atoms with E-state index in [1.807, 2.05) is 6.92 Å². The Morgan fingerprint density at radius 2 is 1.01 bits per heavy atom. The fourth-order valence-corrected chi connectivity index (χ4v) is 13.5. The molecule has 0 aromatic carbocycles. The summed E-state index contributed by atoms with van der Waals surface area (Å²) in [6.45, 7) is 5.47. The highest BCUT2D eigenvalue weighted by Crippen LogP contribution is 2.73. The number of carbonyl (C=O) groups is 1. The minimum atomic E-state index is -1.90. The maximum Gasteiger partial charge on any atom is 0.314 e. The summed E-state index contributed by atoms with van der Waals surface area (Å²) >= 11 is 0. The zero-order valence-corrected chi connectivity index (χ0v) is 37.5. The van der Waals surface area contributed by atoms with E-state index < -0.39 is 172 Å². The smallest absolute Gasteiger partial charge is 0.314 e. The van der Waals surface area contributed by atoms with Gasteiger partial charge in [0.25, 0.3) is 0 Å². The van der Waals surface area contributed by atoms with E-state index in [1.54, 1.807) is 0 Å². The Hall–Kier alpha value is -1.63. The van der Waals surface area contributed by atoms with Gasteiger partial charge in [0.2, 0.25) is 6.29 Å². The Morgan fingerprint density at radius 1 is 0.567 bits per heavy atom. The Kier molecular flexibility index (Phi) is 15.0. The van der Waals surface area contributed by atoms with Crippen LogP contribution in [0.25, 0.3) is 0 Å². The minimum Gasteiger partial charge on any atom is -0.432 e. The summed E-state index contributed by atoms with van der Waals surface area (Å²) in [6, 6.07) is 0. The van der Waals surface area contributed by atoms with Crippen molar-refractivity contribution in [3.8, 4) is 0 Å². The van der Waals surface area contributed by atoms with Crippen molar-refractivity contribution in [2.45, 2.75) is 200 Å². The molecule has 0 aromatic rings. The molecular formula is C44H70O23. The van der Waals surface area contributed by atoms with Crippen LogP contribution in [0.4, 0.5) is 0 Å². The van der Waals surface area contributed by atoms with Gasteiger partial charge in [0, 0.05) is 0 Å². The molecule has 4 heterocycles. The number of fused-ring (bicyclic) bond motifs is 3. The maximum absolute atomic E-state index is 14.7. The monoisotopic (exact) mass is 966 g/mol. The molecule has 4 aliphatic carbocycles. The summed E-state index contributed by atoms with van der Waals surface area (Å²) in [7, 11) is 0. The zero-order chi connectivity index (χ0) is 48.7. The largest absolute Gasteiger partial charge is 0.432 e. The molecule has 23 heteroatoms. The first kappa shape index (κ1) is 51.7. The van der Waals surface area contributed by atoms with Crippen LogP contribution < -0.4 is 0 Å². The fraction of sp³-hybridized carbons (Fsp3) is 0.932. The van der Waals surface area contributed by atoms with Crippen LogP contribution in [0.1, 0.15) is 71.6 Å². The number of aliphatic hydroxyl groups is 14. The van der Waals surface area contributed by atoms with Gasteiger partial charge in [-0.1, -0.05) is 19.9 Å². The van der Waals surface area contributed by atoms with E-state index in [2.05, 4.69) is 13.5 Å². The van der Waals surface area contributed by atoms with Crippen LogP contribution in [0.2, 0.25) is 0 Å². The highest BCUT2D eigenvalue weighted by atomic mass is 16.8. The van der Waals surface area contributed by atoms with Crippen molar-refractivity contribution in [3.63, 3.8) is 0 Å². The first-order valence-electron chi connectivity index (χ1n) is 23.4. The van der Waals surface area contributed by atoms with Crippen LogP contribution in [-0.4, -0.2) is 232 Å². The third-order valence-electron chi connectivity index (χ3n) is 17.1. The first-order chi connectivity index (χ1) is 31.6. The van der Waals surface area contributed by atoms with Crippen LogP contribution in [0.5, 0.6) is 0 Å². The maximum atomic E-state index is 14.7. The number of hydrogen-bond acceptors (Lipinski definition) is 23. The highest BCUT2D eigenvalue weighted by molar-refractivity contribution is 5.77. The Balaban J connectivity index is 1.01. The van der Waals surface area contributed by atoms with Crippen molar-refractivity contribution in [2.24, 2.45) is 28.1 Å². The predicted octanol–water partition coefficient (Wildman–Crippen LogP) is -5.11. The molecule has 4 saturated carbocycles. The van der Waals surface area contributed by atoms with Crippen molar-refractivity contribution in [3.05, 3.63) is 12.2 Å². The standard InChI is InChI=1S/C44H70O23/c1-17-11-43-9-5-22-41(2,7-4-8-42(22,3)40(59)66-38-34(30(55)26(51)20(14-47)62-38)64-36-32(57)28(53)24(49)18(12-45)60-36)23(43)6-10-44(17,16-43)67-39-35(31(56)27(52)21(15-48)63-39)65-37-33(58)29(54)25(50)19(13-46)61-37/h18-39,45-58H,1,4-16H2,2-3H3/t18-,19+,20+,21+,22+,23-,24+,25+,26+,27+,28+,29-,30+,31-,32-,33+,34-,35+,36+,37-,38+,39-,41+,42+,43-,44+/m1/s1. The third kappa shape index (κ3) is 8.63. The van der Waals surface area contributed by atoms with Gasteiger partial charge < -0.3 is 109 Å². The van der Waals surface area contributed by atoms with Crippen LogP contribution >= 0.6 is 0 Å². The number of esters is 1. The van der Waals surface area contributed by atoms with Gasteiger partial charge in [-0.2, -0.15) is 0 Å². The van der Waals surface area contributed by atoms with E-state index in [0.717, 1.165) is 12.0 Å². The number of ether oxygens (including phenoxy) is 8. The summed E-state index contributed by atoms with van der Waals surface area (Å²) in [5, 5.41) is 147. The van der Waals surface area contributed by atoms with E-state index in [-0.39, 0.29) is 17.3 Å². The lowest BCUT2D eigenvalue weighted by molar-refractivity contribution is -0.378. The first-order valence-corrected chi connectivity index (χ1v) is 23.4. The van der Waals surface area contributed by atoms with E-state index in [9.17, 15) is 76.3 Å². The molecule has 8 rings (SSSR count). The third-order valence-corrected chi connectivity index (χ3v) is 17.1. The summed E-state index contributed by atoms with van der Waals surface area (Å²) in [5.41, 5.74) is -2.29. The number of carbonyl (C=O) groups excluding carboxylic acids is 1. The highest BCUT2D eigenvalue weighted by Gasteiger charge is 2.69. The lowest BCUT2D eigenvalue weighted by atomic mass is 9.41. The molecule has 1 spiro atoms. The molecule has 4 aliphatic heterocycles. The molecule has 0 unspecified atom stereocenters. The normalized spacial score (nSPS) is 54.5. The average Bonchev–Trinajstić information content (AvgIpc) is 3.50. The van der Waals surface area contributed by atoms with Crippen molar-refractivity contribution in [1.29, 1.82) is 0 Å². The van der Waals surface area contributed by atoms with Crippen LogP contribution in [0.15, 0.2) is 12.2 Å². The number of aliphatic hydroxyl groups excluding tert-OH is 14. The van der Waals surface area contributed by atoms with Crippen molar-refractivity contribution in [1.82, 2.24) is 0 Å². The van der Waals surface area contributed by atoms with Crippen molar-refractivity contribution < 1.29 is 114 Å². The molecule has 8 aliphatic rings. The topological polar surface area (TPSA) is 374 Å². The van der Waals surface area contributed by atoms with E-state index in [4.69, 9.17) is 37.9 Å². The van der Waals surface area contributed by atoms with Gasteiger partial charge in [-0.05, 0) is 86.5 Å². The van der Waals surface area contributed by atoms with E-state index >= 15 is 0 Å². The van der Waals surface area contributed by atoms with Crippen LogP contribution in [0, 0.1) is 28.1 Å². The van der Waals surface area contributed by atoms with Crippen molar-refractivity contribution >= 4 is 5.97 Å². The summed E-state index contributed by atoms with van der Waals surface area (Å²) in [4.78, 5) is 14.7. The van der Waals surface area contributed by atoms with Gasteiger partial charge in [-0.3, -0.25) is 4.79 Å². The molecule has 14 N–H and O–H groups in total. The summed E-state index contributed by atoms with van der Waals surface area (Å²) in [5.74, 6) is -0.927. The second-order valence-electron chi connectivity index (χ2n) is 20.8. The van der Waals surface area contributed by atoms with E-state index in [0.29, 0.717) is 51.4 Å². The molecule has 0 amide bonds. The molecule has 2 bridgehead atoms. The van der Waals surface area contributed by atoms with Gasteiger partial charge in [0.05, 0.1) is 37.4 Å². The van der Waals surface area contributed by atoms with Gasteiger partial charge >= 0.3 is 5.97 Å². The lowest BCUT2D eigenvalue weighted by Gasteiger charge is -2.64. The second-order valence-corrected chi connectivity index (χ2v) is 20.8. The molecule has 0 radical (unpaired) electrons. The minimum absolute atomic E-state index is 0.0251. The molecule has 0 aromatic heterocycles. The number of hydrogen-bond donors (Lipinski definition) is 14. The lowest BCUT2D eigenvalue weighted by Crippen LogP contribution is -2.66. The van der Waals surface area contributed by atoms with E-state index in [1.165, 1.54) is 0 Å². The predicted molar refractivity (Wildman–Crippen MR) is 219 cm³/mol. The molecule has 67 heavy (non-hydrogen) atoms. The zero-order valence-electron chi connectivity index (χ0n) is 37.5. The second kappa shape index (κ2) is 19.4. The Bertz CT molecular complexity index is 1760. The Labute approximate surface area is 386 Å². The van der Waals surface area contributed by atoms with Gasteiger partial charge in [-0.25, -0.2) is 0 Å². The molecule has 384 valence electrons. The number of rotatable bonds is 12. The van der Waals surface area contributed by atoms with Gasteiger partial charge in [-0.15, -0.1) is 0 Å². The van der Waals surface area contributed by atoms with Crippen LogP contribution in [0.3, 0.4) is 0 Å². The molecule has 4 saturated heterocycles. The average molecular weight is 967 g/mol. The van der Waals surface area contributed by atoms with Crippen LogP contribution in [-0.2, 0) is 42.7 Å². The fourth-order valence-electron chi connectivity index (χ4n) is 13.5. The molecule has 23 nitrogen and oxygen atoms in total. The molecule has 26 atom stereocenters. The quantitative estimate of drug-likeness (QED) is 0.0494. The Morgan fingerprint density at radius 3 is 1.52 bits per heavy atom. The van der Waals surface area contributed by atoms with Crippen molar-refractivity contribution in [2.75, 3.05) is 26.4 Å². The SMILES string of the molecule is C=C1C[C@@]23CC[C@H]4[C@](C)(CCC[C@]4(C)C(=O)O[C@@H]4O[C@@H](CO)[C@H](O)[C@H](O)[C@H]4O[C@@H]4O[C@H](CO)[C@H](O)[C@H](O)[C@H]4O)[C@H]2CC[C@]1(O[C@H]1O[C@@H](CO)[C@H](O)[C@@H](O)[C@@H]1O[C@H]1O[C@@H](CO)[C@H](O)[C@@H](O)[C@@H]1O)C3. The van der Waals surface area contributed by atoms with Gasteiger partial charge in [0.15, 0.2) is 25.0 Å². The summed E-state index contributed by atoms with van der Waals surface area (Å²) in [6.07, 6.45) is -28.3. The molecule has 8 fully saturated rings. The van der Waals surface area contributed by atoms with Gasteiger partial charge in [0.1, 0.15) is 91.6 Å². The molecular weight excluding hydrogens is 896 g/mol. The summed E-state index contributed by atoms with van der Waals surface area (Å²) < 4.78 is 47.6.